The molecule has 0 aromatic carbocycles. The van der Waals surface area contributed by atoms with E-state index in [1.54, 1.807) is 0 Å². The molecule has 55 valence electrons. The molecular formula is C10H15. The standard InChI is InChI=1S/C10H15/c1-2-5-9-7-4-8-10(9)6-3-1/h1-2,5,9-10H,3-4,6-8H2. The van der Waals surface area contributed by atoms with Gasteiger partial charge in [0.05, 0.1) is 0 Å². The van der Waals surface area contributed by atoms with Crippen molar-refractivity contribution < 1.29 is 0 Å². The molecule has 2 atom stereocenters. The van der Waals surface area contributed by atoms with Crippen LogP contribution in [0.25, 0.3) is 0 Å². The minimum Gasteiger partial charge on any atom is -0.0848 e. The highest BCUT2D eigenvalue weighted by Gasteiger charge is 2.25. The van der Waals surface area contributed by atoms with Gasteiger partial charge in [0.1, 0.15) is 0 Å². The Bertz CT molecular complexity index is 135. The van der Waals surface area contributed by atoms with E-state index >= 15 is 0 Å². The van der Waals surface area contributed by atoms with Crippen LogP contribution in [0.5, 0.6) is 0 Å². The molecule has 0 amide bonds. The molecule has 0 aromatic heterocycles. The average Bonchev–Trinajstić information content (AvgIpc) is 2.28. The number of hydrogen-bond donors (Lipinski definition) is 0. The first kappa shape index (κ1) is 6.45. The van der Waals surface area contributed by atoms with Crippen molar-refractivity contribution in [1.29, 1.82) is 0 Å². The summed E-state index contributed by atoms with van der Waals surface area (Å²) in [5.74, 6) is 1.98. The zero-order chi connectivity index (χ0) is 6.81. The topological polar surface area (TPSA) is 0 Å². The Kier molecular flexibility index (Phi) is 1.79. The Balaban J connectivity index is 2.06. The fourth-order valence-electron chi connectivity index (χ4n) is 2.31. The molecule has 0 saturated heterocycles. The molecular weight excluding hydrogens is 120 g/mol. The van der Waals surface area contributed by atoms with E-state index in [1.165, 1.54) is 32.1 Å². The van der Waals surface area contributed by atoms with Crippen molar-refractivity contribution in [3.05, 3.63) is 18.6 Å². The van der Waals surface area contributed by atoms with Crippen LogP contribution >= 0.6 is 0 Å². The summed E-state index contributed by atoms with van der Waals surface area (Å²) in [6.07, 6.45) is 14.2. The molecule has 1 saturated carbocycles. The molecule has 2 aliphatic rings. The van der Waals surface area contributed by atoms with Gasteiger partial charge >= 0.3 is 0 Å². The lowest BCUT2D eigenvalue weighted by Crippen LogP contribution is -2.02. The molecule has 0 nitrogen and oxygen atoms in total. The highest BCUT2D eigenvalue weighted by atomic mass is 14.3. The number of fused-ring (bicyclic) bond motifs is 1. The Morgan fingerprint density at radius 2 is 2.10 bits per heavy atom. The van der Waals surface area contributed by atoms with Crippen LogP contribution in [0, 0.1) is 18.3 Å². The summed E-state index contributed by atoms with van der Waals surface area (Å²) in [6, 6.07) is 0. The van der Waals surface area contributed by atoms with Gasteiger partial charge in [-0.2, -0.15) is 0 Å². The summed E-state index contributed by atoms with van der Waals surface area (Å²) < 4.78 is 0. The summed E-state index contributed by atoms with van der Waals surface area (Å²) in [5.41, 5.74) is 0. The molecule has 0 heteroatoms. The maximum Gasteiger partial charge on any atom is -0.0170 e. The summed E-state index contributed by atoms with van der Waals surface area (Å²) in [4.78, 5) is 0. The molecule has 0 aromatic rings. The average molecular weight is 135 g/mol. The second-order valence-corrected chi connectivity index (χ2v) is 3.55. The Hall–Kier alpha value is -0.260. The lowest BCUT2D eigenvalue weighted by molar-refractivity contribution is 0.433. The van der Waals surface area contributed by atoms with Gasteiger partial charge in [0.2, 0.25) is 0 Å². The molecule has 0 spiro atoms. The lowest BCUT2D eigenvalue weighted by Gasteiger charge is -2.12. The van der Waals surface area contributed by atoms with Crippen LogP contribution in [0.3, 0.4) is 0 Å². The van der Waals surface area contributed by atoms with E-state index in [-0.39, 0.29) is 0 Å². The fourth-order valence-corrected chi connectivity index (χ4v) is 2.31. The zero-order valence-corrected chi connectivity index (χ0v) is 6.42. The maximum atomic E-state index is 2.42. The van der Waals surface area contributed by atoms with E-state index in [4.69, 9.17) is 0 Å². The first-order valence-electron chi connectivity index (χ1n) is 4.47. The summed E-state index contributed by atoms with van der Waals surface area (Å²) >= 11 is 0. The van der Waals surface area contributed by atoms with Gasteiger partial charge in [0, 0.05) is 0 Å². The quantitative estimate of drug-likeness (QED) is 0.479. The minimum atomic E-state index is 0.943. The van der Waals surface area contributed by atoms with Gasteiger partial charge in [-0.05, 0) is 43.9 Å². The SMILES string of the molecule is [CH]1C=CC2CCCC2CC1. The van der Waals surface area contributed by atoms with Gasteiger partial charge in [-0.25, -0.2) is 0 Å². The third-order valence-electron chi connectivity index (χ3n) is 2.92. The molecule has 2 unspecified atom stereocenters. The van der Waals surface area contributed by atoms with E-state index in [2.05, 4.69) is 18.6 Å². The highest BCUT2D eigenvalue weighted by molar-refractivity contribution is 5.04. The molecule has 1 radical (unpaired) electrons. The van der Waals surface area contributed by atoms with Crippen LogP contribution in [0.4, 0.5) is 0 Å². The highest BCUT2D eigenvalue weighted by Crippen LogP contribution is 2.37. The van der Waals surface area contributed by atoms with Crippen LogP contribution in [0.1, 0.15) is 32.1 Å². The first-order valence-corrected chi connectivity index (χ1v) is 4.47. The van der Waals surface area contributed by atoms with Crippen LogP contribution in [-0.2, 0) is 0 Å². The minimum absolute atomic E-state index is 0.943. The van der Waals surface area contributed by atoms with Gasteiger partial charge in [0.15, 0.2) is 0 Å². The van der Waals surface area contributed by atoms with Gasteiger partial charge in [-0.15, -0.1) is 0 Å². The van der Waals surface area contributed by atoms with E-state index in [9.17, 15) is 0 Å². The number of hydrogen-bond acceptors (Lipinski definition) is 0. The van der Waals surface area contributed by atoms with Crippen molar-refractivity contribution in [2.24, 2.45) is 11.8 Å². The summed E-state index contributed by atoms with van der Waals surface area (Å²) in [7, 11) is 0. The second-order valence-electron chi connectivity index (χ2n) is 3.55. The molecule has 2 rings (SSSR count). The zero-order valence-electron chi connectivity index (χ0n) is 6.42. The monoisotopic (exact) mass is 135 g/mol. The van der Waals surface area contributed by atoms with Crippen molar-refractivity contribution in [3.8, 4) is 0 Å². The molecule has 1 fully saturated rings. The third kappa shape index (κ3) is 1.12. The van der Waals surface area contributed by atoms with E-state index in [0.29, 0.717) is 0 Å². The number of allylic oxidation sites excluding steroid dienone is 2. The lowest BCUT2D eigenvalue weighted by atomic mass is 9.93. The van der Waals surface area contributed by atoms with Crippen LogP contribution < -0.4 is 0 Å². The fraction of sp³-hybridized carbons (Fsp3) is 0.700. The van der Waals surface area contributed by atoms with Crippen molar-refractivity contribution in [3.63, 3.8) is 0 Å². The molecule has 0 N–H and O–H groups in total. The first-order chi connectivity index (χ1) is 4.97. The molecule has 0 heterocycles. The van der Waals surface area contributed by atoms with Crippen LogP contribution in [-0.4, -0.2) is 0 Å². The predicted molar refractivity (Wildman–Crippen MR) is 43.5 cm³/mol. The van der Waals surface area contributed by atoms with Crippen molar-refractivity contribution >= 4 is 0 Å². The number of rotatable bonds is 0. The van der Waals surface area contributed by atoms with Crippen molar-refractivity contribution in [1.82, 2.24) is 0 Å². The van der Waals surface area contributed by atoms with Crippen molar-refractivity contribution in [2.75, 3.05) is 0 Å². The molecule has 0 aliphatic heterocycles. The largest absolute Gasteiger partial charge is 0.0848 e. The van der Waals surface area contributed by atoms with Gasteiger partial charge in [-0.1, -0.05) is 18.6 Å². The van der Waals surface area contributed by atoms with Gasteiger partial charge in [0.25, 0.3) is 0 Å². The normalized spacial score (nSPS) is 39.2. The Morgan fingerprint density at radius 3 is 3.10 bits per heavy atom. The van der Waals surface area contributed by atoms with E-state index in [0.717, 1.165) is 11.8 Å². The third-order valence-corrected chi connectivity index (χ3v) is 2.92. The van der Waals surface area contributed by atoms with E-state index in [1.807, 2.05) is 0 Å². The van der Waals surface area contributed by atoms with E-state index < -0.39 is 0 Å². The Labute approximate surface area is 63.3 Å². The van der Waals surface area contributed by atoms with Gasteiger partial charge in [-0.3, -0.25) is 0 Å². The maximum absolute atomic E-state index is 2.42. The summed E-state index contributed by atoms with van der Waals surface area (Å²) in [6.45, 7) is 0. The predicted octanol–water partition coefficient (Wildman–Crippen LogP) is 2.96. The molecule has 0 bridgehead atoms. The molecule has 10 heavy (non-hydrogen) atoms. The Morgan fingerprint density at radius 1 is 1.10 bits per heavy atom. The van der Waals surface area contributed by atoms with Gasteiger partial charge < -0.3 is 0 Å². The molecule has 2 aliphatic carbocycles. The van der Waals surface area contributed by atoms with Crippen LogP contribution in [0.15, 0.2) is 12.2 Å². The van der Waals surface area contributed by atoms with Crippen molar-refractivity contribution in [2.45, 2.75) is 32.1 Å². The smallest absolute Gasteiger partial charge is 0.0170 e. The second kappa shape index (κ2) is 2.77. The summed E-state index contributed by atoms with van der Waals surface area (Å²) in [5, 5.41) is 0. The van der Waals surface area contributed by atoms with Crippen LogP contribution in [0.2, 0.25) is 0 Å².